The predicted octanol–water partition coefficient (Wildman–Crippen LogP) is 2.71. The summed E-state index contributed by atoms with van der Waals surface area (Å²) in [4.78, 5) is 21.0. The van der Waals surface area contributed by atoms with E-state index in [0.717, 1.165) is 12.8 Å². The molecule has 0 fully saturated rings. The van der Waals surface area contributed by atoms with Crippen molar-refractivity contribution >= 4 is 33.1 Å². The molecule has 0 aliphatic carbocycles. The minimum atomic E-state index is -3.60. The van der Waals surface area contributed by atoms with Crippen LogP contribution >= 0.6 is 11.3 Å². The van der Waals surface area contributed by atoms with Crippen molar-refractivity contribution in [3.8, 4) is 0 Å². The van der Waals surface area contributed by atoms with E-state index in [1.165, 1.54) is 10.4 Å². The third kappa shape index (κ3) is 3.06. The molecule has 6 nitrogen and oxygen atoms in total. The number of nitrogens with zero attached hydrogens (tertiary/aromatic N) is 2. The normalized spacial score (nSPS) is 22.8. The molecule has 27 heavy (non-hydrogen) atoms. The first kappa shape index (κ1) is 18.2. The molecule has 0 saturated heterocycles. The van der Waals surface area contributed by atoms with Crippen LogP contribution in [0, 0.1) is 0 Å². The standard InChI is InChI=1S/C19H21N3O3S2/c1-3-15-13-9-11-26-16(13)8-10-22(15)19(23)12(2)20-18-14-6-4-5-7-17(14)27(24,25)21-18/h4-7,9,11-12,15H,3,8,10H2,1-2H3,(H,20,21)/t12-,15?/m0/s1. The zero-order valence-corrected chi connectivity index (χ0v) is 16.8. The largest absolute Gasteiger partial charge is 0.333 e. The van der Waals surface area contributed by atoms with Crippen molar-refractivity contribution in [1.82, 2.24) is 9.62 Å². The Bertz CT molecular complexity index is 1030. The summed E-state index contributed by atoms with van der Waals surface area (Å²) in [5, 5.41) is 2.08. The lowest BCUT2D eigenvalue weighted by Crippen LogP contribution is -2.43. The molecule has 2 aromatic rings. The van der Waals surface area contributed by atoms with Gasteiger partial charge in [-0.15, -0.1) is 11.3 Å². The Morgan fingerprint density at radius 3 is 2.93 bits per heavy atom. The quantitative estimate of drug-likeness (QED) is 0.856. The van der Waals surface area contributed by atoms with Gasteiger partial charge in [0.25, 0.3) is 10.0 Å². The average molecular weight is 404 g/mol. The van der Waals surface area contributed by atoms with Crippen molar-refractivity contribution in [3.05, 3.63) is 51.7 Å². The van der Waals surface area contributed by atoms with Crippen LogP contribution in [0.2, 0.25) is 0 Å². The van der Waals surface area contributed by atoms with E-state index < -0.39 is 16.1 Å². The number of thiophene rings is 1. The van der Waals surface area contributed by atoms with E-state index in [-0.39, 0.29) is 22.7 Å². The molecule has 1 unspecified atom stereocenters. The highest BCUT2D eigenvalue weighted by Crippen LogP contribution is 2.35. The van der Waals surface area contributed by atoms with Crippen molar-refractivity contribution in [3.63, 3.8) is 0 Å². The number of carbonyl (C=O) groups excluding carboxylic acids is 1. The summed E-state index contributed by atoms with van der Waals surface area (Å²) in [5.74, 6) is 0.169. The van der Waals surface area contributed by atoms with E-state index in [9.17, 15) is 13.2 Å². The molecular weight excluding hydrogens is 382 g/mol. The fourth-order valence-electron chi connectivity index (χ4n) is 3.82. The summed E-state index contributed by atoms with van der Waals surface area (Å²) in [6.07, 6.45) is 1.70. The lowest BCUT2D eigenvalue weighted by molar-refractivity contribution is -0.135. The maximum absolute atomic E-state index is 13.1. The molecule has 1 aromatic heterocycles. The number of sulfonamides is 1. The van der Waals surface area contributed by atoms with E-state index in [2.05, 4.69) is 28.1 Å². The predicted molar refractivity (Wildman–Crippen MR) is 106 cm³/mol. The molecule has 1 amide bonds. The van der Waals surface area contributed by atoms with Gasteiger partial charge in [0.1, 0.15) is 11.9 Å². The van der Waals surface area contributed by atoms with Gasteiger partial charge in [-0.25, -0.2) is 8.42 Å². The first-order valence-electron chi connectivity index (χ1n) is 8.99. The molecule has 1 aromatic carbocycles. The lowest BCUT2D eigenvalue weighted by Gasteiger charge is -2.36. The number of amidine groups is 1. The molecular formula is C19H21N3O3S2. The van der Waals surface area contributed by atoms with Crippen LogP contribution in [0.3, 0.4) is 0 Å². The number of fused-ring (bicyclic) bond motifs is 2. The van der Waals surface area contributed by atoms with Gasteiger partial charge in [-0.3, -0.25) is 14.5 Å². The zero-order chi connectivity index (χ0) is 19.2. The highest BCUT2D eigenvalue weighted by Gasteiger charge is 2.34. The number of rotatable bonds is 3. The number of hydrogen-bond acceptors (Lipinski definition) is 5. The van der Waals surface area contributed by atoms with Gasteiger partial charge in [-0.05, 0) is 48.9 Å². The van der Waals surface area contributed by atoms with E-state index >= 15 is 0 Å². The molecule has 1 N–H and O–H groups in total. The van der Waals surface area contributed by atoms with Crippen LogP contribution in [-0.2, 0) is 21.2 Å². The Hall–Kier alpha value is -2.19. The second-order valence-corrected chi connectivity index (χ2v) is 9.41. The molecule has 0 bridgehead atoms. The average Bonchev–Trinajstić information content (AvgIpc) is 3.23. The van der Waals surface area contributed by atoms with Gasteiger partial charge in [0, 0.05) is 17.0 Å². The fourth-order valence-corrected chi connectivity index (χ4v) is 5.99. The SMILES string of the molecule is CCC1c2ccsc2CCN1C(=O)[C@H](C)N=C1NS(=O)(=O)c2ccccc21. The molecule has 4 rings (SSSR count). The second kappa shape index (κ2) is 6.76. The molecule has 142 valence electrons. The summed E-state index contributed by atoms with van der Waals surface area (Å²) in [5.41, 5.74) is 1.75. The molecule has 2 aliphatic rings. The van der Waals surface area contributed by atoms with Crippen LogP contribution < -0.4 is 4.72 Å². The highest BCUT2D eigenvalue weighted by atomic mass is 32.2. The summed E-state index contributed by atoms with van der Waals surface area (Å²) < 4.78 is 26.9. The Morgan fingerprint density at radius 2 is 2.15 bits per heavy atom. The number of nitrogens with one attached hydrogen (secondary N) is 1. The van der Waals surface area contributed by atoms with E-state index in [1.54, 1.807) is 42.5 Å². The third-order valence-electron chi connectivity index (χ3n) is 5.11. The molecule has 2 atom stereocenters. The summed E-state index contributed by atoms with van der Waals surface area (Å²) >= 11 is 1.74. The number of amides is 1. The lowest BCUT2D eigenvalue weighted by atomic mass is 9.97. The number of benzene rings is 1. The van der Waals surface area contributed by atoms with Gasteiger partial charge >= 0.3 is 0 Å². The van der Waals surface area contributed by atoms with Crippen LogP contribution in [0.4, 0.5) is 0 Å². The minimum absolute atomic E-state index is 0.0581. The van der Waals surface area contributed by atoms with Crippen LogP contribution in [-0.4, -0.2) is 37.6 Å². The monoisotopic (exact) mass is 403 g/mol. The number of aliphatic imine (C=N–C) groups is 1. The Labute approximate surface area is 163 Å². The molecule has 8 heteroatoms. The van der Waals surface area contributed by atoms with Crippen molar-refractivity contribution in [2.75, 3.05) is 6.54 Å². The Morgan fingerprint density at radius 1 is 1.37 bits per heavy atom. The minimum Gasteiger partial charge on any atom is -0.333 e. The third-order valence-corrected chi connectivity index (χ3v) is 7.50. The molecule has 0 spiro atoms. The molecule has 3 heterocycles. The number of hydrogen-bond donors (Lipinski definition) is 1. The van der Waals surface area contributed by atoms with E-state index in [0.29, 0.717) is 12.1 Å². The van der Waals surface area contributed by atoms with Gasteiger partial charge in [0.15, 0.2) is 0 Å². The van der Waals surface area contributed by atoms with Crippen LogP contribution in [0.1, 0.15) is 42.3 Å². The van der Waals surface area contributed by atoms with Crippen LogP contribution in [0.15, 0.2) is 45.6 Å². The maximum atomic E-state index is 13.1. The highest BCUT2D eigenvalue weighted by molar-refractivity contribution is 7.90. The van der Waals surface area contributed by atoms with Gasteiger partial charge < -0.3 is 4.90 Å². The Balaban J connectivity index is 1.62. The first-order valence-corrected chi connectivity index (χ1v) is 11.4. The van der Waals surface area contributed by atoms with Crippen molar-refractivity contribution in [1.29, 1.82) is 0 Å². The van der Waals surface area contributed by atoms with Gasteiger partial charge in [0.2, 0.25) is 5.91 Å². The smallest absolute Gasteiger partial charge is 0.263 e. The van der Waals surface area contributed by atoms with Gasteiger partial charge in [-0.1, -0.05) is 19.1 Å². The van der Waals surface area contributed by atoms with Crippen molar-refractivity contribution in [2.45, 2.75) is 43.7 Å². The van der Waals surface area contributed by atoms with E-state index in [1.807, 2.05) is 4.90 Å². The Kier molecular flexibility index (Phi) is 4.55. The van der Waals surface area contributed by atoms with Crippen LogP contribution in [0.25, 0.3) is 0 Å². The van der Waals surface area contributed by atoms with E-state index in [4.69, 9.17) is 0 Å². The zero-order valence-electron chi connectivity index (χ0n) is 15.2. The first-order chi connectivity index (χ1) is 12.9. The van der Waals surface area contributed by atoms with Crippen molar-refractivity contribution in [2.24, 2.45) is 4.99 Å². The summed E-state index contributed by atoms with van der Waals surface area (Å²) in [6.45, 7) is 4.47. The van der Waals surface area contributed by atoms with Gasteiger partial charge in [-0.2, -0.15) is 0 Å². The second-order valence-electron chi connectivity index (χ2n) is 6.76. The maximum Gasteiger partial charge on any atom is 0.263 e. The summed E-state index contributed by atoms with van der Waals surface area (Å²) in [6, 6.07) is 8.18. The fraction of sp³-hybridized carbons (Fsp3) is 0.368. The van der Waals surface area contributed by atoms with Crippen molar-refractivity contribution < 1.29 is 13.2 Å². The molecule has 0 radical (unpaired) electrons. The van der Waals surface area contributed by atoms with Gasteiger partial charge in [0.05, 0.1) is 10.9 Å². The molecule has 2 aliphatic heterocycles. The summed E-state index contributed by atoms with van der Waals surface area (Å²) in [7, 11) is -3.60. The molecule has 0 saturated carbocycles. The number of carbonyl (C=O) groups is 1. The van der Waals surface area contributed by atoms with Crippen LogP contribution in [0.5, 0.6) is 0 Å². The topological polar surface area (TPSA) is 78.8 Å².